The fraction of sp³-hybridized carbons (Fsp3) is 0.129. The van der Waals surface area contributed by atoms with E-state index in [9.17, 15) is 5.26 Å². The third kappa shape index (κ3) is 2.87. The molecule has 3 aromatic carbocycles. The molecule has 0 saturated carbocycles. The van der Waals surface area contributed by atoms with E-state index in [2.05, 4.69) is 78.2 Å². The molecule has 0 heterocycles. The zero-order chi connectivity index (χ0) is 21.5. The summed E-state index contributed by atoms with van der Waals surface area (Å²) in [6.07, 6.45) is 15.7. The first-order valence-electron chi connectivity index (χ1n) is 11.2. The Morgan fingerprint density at radius 2 is 1.56 bits per heavy atom. The van der Waals surface area contributed by atoms with E-state index in [0.717, 1.165) is 42.4 Å². The maximum absolute atomic E-state index is 9.48. The number of hydrogen-bond acceptors (Lipinski definition) is 1. The van der Waals surface area contributed by atoms with Crippen molar-refractivity contribution in [2.24, 2.45) is 0 Å². The van der Waals surface area contributed by atoms with Crippen molar-refractivity contribution in [3.8, 4) is 17.2 Å². The van der Waals surface area contributed by atoms with E-state index >= 15 is 0 Å². The van der Waals surface area contributed by atoms with Crippen molar-refractivity contribution < 1.29 is 0 Å². The zero-order valence-corrected chi connectivity index (χ0v) is 17.8. The summed E-state index contributed by atoms with van der Waals surface area (Å²) >= 11 is 0. The largest absolute Gasteiger partial charge is 0.192 e. The number of nitriles is 1. The average Bonchev–Trinajstić information content (AvgIpc) is 2.87. The van der Waals surface area contributed by atoms with Gasteiger partial charge in [-0.15, -0.1) is 0 Å². The van der Waals surface area contributed by atoms with E-state index in [1.54, 1.807) is 5.57 Å². The quantitative estimate of drug-likeness (QED) is 0.309. The number of nitrogens with zero attached hydrogens (tertiary/aromatic N) is 1. The molecule has 0 atom stereocenters. The number of fused-ring (bicyclic) bond motifs is 2. The first-order valence-corrected chi connectivity index (χ1v) is 11.2. The molecule has 0 unspecified atom stereocenters. The van der Waals surface area contributed by atoms with Crippen LogP contribution in [-0.2, 0) is 0 Å². The Morgan fingerprint density at radius 1 is 0.812 bits per heavy atom. The van der Waals surface area contributed by atoms with Gasteiger partial charge in [0.2, 0.25) is 0 Å². The minimum Gasteiger partial charge on any atom is -0.192 e. The molecule has 0 N–H and O–H groups in total. The standard InChI is InChI=1S/C31H21N/c32-20-21-9-7-12-23(19-21)30-26-14-3-5-16-28(26)31(29-17-6-4-15-27(29)30)25-18-8-11-22-10-1-2-13-24(22)25/h2-3,5,7,9,12-19H,1,8,10-11H2. The Balaban J connectivity index is 1.72. The van der Waals surface area contributed by atoms with E-state index in [0.29, 0.717) is 5.56 Å². The highest BCUT2D eigenvalue weighted by atomic mass is 14.3. The van der Waals surface area contributed by atoms with E-state index in [1.165, 1.54) is 33.0 Å². The molecule has 3 aromatic rings. The summed E-state index contributed by atoms with van der Waals surface area (Å²) in [7, 11) is 0. The van der Waals surface area contributed by atoms with Gasteiger partial charge < -0.3 is 0 Å². The predicted octanol–water partition coefficient (Wildman–Crippen LogP) is 8.00. The van der Waals surface area contributed by atoms with Crippen molar-refractivity contribution in [1.29, 1.82) is 5.26 Å². The highest BCUT2D eigenvalue weighted by Gasteiger charge is 2.25. The van der Waals surface area contributed by atoms with Gasteiger partial charge in [0.25, 0.3) is 0 Å². The van der Waals surface area contributed by atoms with Crippen LogP contribution in [0.15, 0.2) is 89.4 Å². The summed E-state index contributed by atoms with van der Waals surface area (Å²) in [6, 6.07) is 18.9. The second-order valence-electron chi connectivity index (χ2n) is 8.51. The molecule has 0 bridgehead atoms. The normalized spacial score (nSPS) is 16.0. The van der Waals surface area contributed by atoms with Crippen LogP contribution in [-0.4, -0.2) is 0 Å². The first-order chi connectivity index (χ1) is 15.8. The van der Waals surface area contributed by atoms with Gasteiger partial charge in [0.05, 0.1) is 11.6 Å². The number of rotatable bonds is 2. The van der Waals surface area contributed by atoms with Gasteiger partial charge in [0.1, 0.15) is 0 Å². The highest BCUT2D eigenvalue weighted by Crippen LogP contribution is 2.46. The number of allylic oxidation sites excluding steroid dienone is 6. The van der Waals surface area contributed by atoms with Gasteiger partial charge >= 0.3 is 0 Å². The lowest BCUT2D eigenvalue weighted by Crippen LogP contribution is -2.06. The van der Waals surface area contributed by atoms with Crippen LogP contribution in [0.2, 0.25) is 0 Å². The molecule has 0 radical (unpaired) electrons. The van der Waals surface area contributed by atoms with Crippen molar-refractivity contribution in [3.63, 3.8) is 0 Å². The molecule has 0 aliphatic heterocycles. The van der Waals surface area contributed by atoms with Crippen molar-refractivity contribution >= 4 is 28.5 Å². The van der Waals surface area contributed by atoms with Crippen molar-refractivity contribution in [1.82, 2.24) is 0 Å². The van der Waals surface area contributed by atoms with Crippen LogP contribution >= 0.6 is 0 Å². The summed E-state index contributed by atoms with van der Waals surface area (Å²) in [5.74, 6) is 0. The van der Waals surface area contributed by atoms with Crippen LogP contribution in [0, 0.1) is 11.3 Å². The predicted molar refractivity (Wildman–Crippen MR) is 133 cm³/mol. The third-order valence-corrected chi connectivity index (χ3v) is 6.72. The minimum absolute atomic E-state index is 0.674. The molecule has 3 aliphatic rings. The average molecular weight is 408 g/mol. The lowest BCUT2D eigenvalue weighted by atomic mass is 9.77. The third-order valence-electron chi connectivity index (χ3n) is 6.72. The van der Waals surface area contributed by atoms with E-state index in [4.69, 9.17) is 0 Å². The second kappa shape index (κ2) is 7.56. The van der Waals surface area contributed by atoms with Gasteiger partial charge in [-0.3, -0.25) is 0 Å². The molecule has 1 nitrogen and oxygen atoms in total. The first kappa shape index (κ1) is 18.7. The van der Waals surface area contributed by atoms with Crippen LogP contribution in [0.4, 0.5) is 0 Å². The molecule has 0 aromatic heterocycles. The maximum Gasteiger partial charge on any atom is 0.0991 e. The Kier molecular flexibility index (Phi) is 4.41. The van der Waals surface area contributed by atoms with Crippen LogP contribution in [0.1, 0.15) is 47.9 Å². The molecule has 0 spiro atoms. The smallest absolute Gasteiger partial charge is 0.0991 e. The molecule has 0 saturated heterocycles. The van der Waals surface area contributed by atoms with Crippen molar-refractivity contribution in [2.45, 2.75) is 25.7 Å². The van der Waals surface area contributed by atoms with Gasteiger partial charge in [0.15, 0.2) is 0 Å². The Bertz CT molecular complexity index is 1530. The maximum atomic E-state index is 9.48. The number of benzene rings is 3. The van der Waals surface area contributed by atoms with E-state index in [-0.39, 0.29) is 0 Å². The monoisotopic (exact) mass is 407 g/mol. The molecule has 3 aliphatic carbocycles. The Morgan fingerprint density at radius 3 is 2.38 bits per heavy atom. The lowest BCUT2D eigenvalue weighted by molar-refractivity contribution is 0.834. The number of hydrogen-bond donors (Lipinski definition) is 0. The van der Waals surface area contributed by atoms with Gasteiger partial charge in [0, 0.05) is 0 Å². The fourth-order valence-corrected chi connectivity index (χ4v) is 5.34. The fourth-order valence-electron chi connectivity index (χ4n) is 5.34. The van der Waals surface area contributed by atoms with Gasteiger partial charge in [-0.05, 0) is 99.7 Å². The van der Waals surface area contributed by atoms with Crippen LogP contribution in [0.5, 0.6) is 0 Å². The molecule has 150 valence electrons. The van der Waals surface area contributed by atoms with Crippen molar-refractivity contribution in [2.75, 3.05) is 0 Å². The van der Waals surface area contributed by atoms with Gasteiger partial charge in [-0.1, -0.05) is 71.7 Å². The topological polar surface area (TPSA) is 23.8 Å². The molecule has 1 heteroatoms. The summed E-state index contributed by atoms with van der Waals surface area (Å²) in [6.45, 7) is 0. The van der Waals surface area contributed by atoms with Crippen molar-refractivity contribution in [3.05, 3.63) is 112 Å². The molecular weight excluding hydrogens is 386 g/mol. The van der Waals surface area contributed by atoms with Crippen LogP contribution in [0.3, 0.4) is 0 Å². The molecule has 32 heavy (non-hydrogen) atoms. The van der Waals surface area contributed by atoms with E-state index < -0.39 is 0 Å². The molecular formula is C31H21N. The van der Waals surface area contributed by atoms with Crippen LogP contribution < -0.4 is 0 Å². The van der Waals surface area contributed by atoms with Gasteiger partial charge in [-0.2, -0.15) is 5.26 Å². The van der Waals surface area contributed by atoms with Gasteiger partial charge in [-0.25, -0.2) is 0 Å². The highest BCUT2D eigenvalue weighted by molar-refractivity contribution is 6.11. The van der Waals surface area contributed by atoms with E-state index in [1.807, 2.05) is 18.2 Å². The minimum atomic E-state index is 0.674. The summed E-state index contributed by atoms with van der Waals surface area (Å²) in [4.78, 5) is 0. The molecule has 0 fully saturated rings. The second-order valence-corrected chi connectivity index (χ2v) is 8.51. The summed E-state index contributed by atoms with van der Waals surface area (Å²) in [5.41, 5.74) is 17.3. The van der Waals surface area contributed by atoms with Crippen LogP contribution in [0.25, 0.3) is 39.6 Å². The Hall–Kier alpha value is -4.07. The molecule has 6 rings (SSSR count). The Labute approximate surface area is 188 Å². The zero-order valence-electron chi connectivity index (χ0n) is 17.8. The SMILES string of the molecule is N#Cc1cccc(-c2c3c(c(C4=CCCC5=C4C=CCC5)c4ccccc24)C=C=C=C3)c1. The lowest BCUT2D eigenvalue weighted by Gasteiger charge is -2.27. The molecule has 0 amide bonds. The summed E-state index contributed by atoms with van der Waals surface area (Å²) < 4.78 is 0. The summed E-state index contributed by atoms with van der Waals surface area (Å²) in [5, 5.41) is 11.9.